The maximum atomic E-state index is 12.2. The van der Waals surface area contributed by atoms with Gasteiger partial charge in [-0.05, 0) is 37.3 Å². The van der Waals surface area contributed by atoms with Gasteiger partial charge in [0.15, 0.2) is 0 Å². The average Bonchev–Trinajstić information content (AvgIpc) is 2.60. The van der Waals surface area contributed by atoms with E-state index in [1.807, 2.05) is 74.4 Å². The Morgan fingerprint density at radius 1 is 1.08 bits per heavy atom. The van der Waals surface area contributed by atoms with Crippen LogP contribution in [0.15, 0.2) is 53.6 Å². The van der Waals surface area contributed by atoms with Crippen molar-refractivity contribution in [3.63, 3.8) is 0 Å². The monoisotopic (exact) mass is 352 g/mol. The van der Waals surface area contributed by atoms with E-state index in [1.165, 1.54) is 11.8 Å². The lowest BCUT2D eigenvalue weighted by Gasteiger charge is -2.13. The highest BCUT2D eigenvalue weighted by Gasteiger charge is 2.09. The summed E-state index contributed by atoms with van der Waals surface area (Å²) in [5.74, 6) is 0.958. The summed E-state index contributed by atoms with van der Waals surface area (Å²) in [4.78, 5) is 23.2. The Kier molecular flexibility index (Phi) is 5.19. The van der Waals surface area contributed by atoms with Crippen molar-refractivity contribution in [1.29, 1.82) is 0 Å². The summed E-state index contributed by atoms with van der Waals surface area (Å²) < 4.78 is 0. The molecule has 0 unspecified atom stereocenters. The number of carbonyl (C=O) groups is 1. The van der Waals surface area contributed by atoms with E-state index in [-0.39, 0.29) is 5.91 Å². The highest BCUT2D eigenvalue weighted by molar-refractivity contribution is 8.00. The Bertz CT molecular complexity index is 894. The molecule has 1 N–H and O–H groups in total. The second-order valence-corrected chi connectivity index (χ2v) is 6.84. The van der Waals surface area contributed by atoms with E-state index in [0.717, 1.165) is 27.3 Å². The molecule has 3 aromatic rings. The number of aryl methyl sites for hydroxylation is 1. The lowest BCUT2D eigenvalue weighted by atomic mass is 10.2. The van der Waals surface area contributed by atoms with Crippen LogP contribution in [0.25, 0.3) is 10.9 Å². The molecule has 128 valence electrons. The van der Waals surface area contributed by atoms with Crippen LogP contribution < -0.4 is 10.2 Å². The molecule has 2 aromatic carbocycles. The van der Waals surface area contributed by atoms with Gasteiger partial charge >= 0.3 is 0 Å². The number of fused-ring (bicyclic) bond motifs is 1. The molecule has 0 bridgehead atoms. The summed E-state index contributed by atoms with van der Waals surface area (Å²) >= 11 is 1.43. The van der Waals surface area contributed by atoms with Crippen molar-refractivity contribution < 1.29 is 4.79 Å². The zero-order chi connectivity index (χ0) is 17.8. The Hall–Kier alpha value is -2.60. The summed E-state index contributed by atoms with van der Waals surface area (Å²) in [6.45, 7) is 1.86. The van der Waals surface area contributed by atoms with Crippen molar-refractivity contribution in [2.24, 2.45) is 0 Å². The number of aromatic nitrogens is 2. The number of carbonyl (C=O) groups excluding carboxylic acids is 1. The molecule has 5 nitrogen and oxygen atoms in total. The molecule has 1 heterocycles. The number of para-hydroxylation sites is 1. The first-order valence-corrected chi connectivity index (χ1v) is 8.95. The Labute approximate surface area is 151 Å². The van der Waals surface area contributed by atoms with Crippen LogP contribution in [0.4, 0.5) is 11.4 Å². The smallest absolute Gasteiger partial charge is 0.234 e. The number of benzene rings is 2. The fraction of sp³-hybridized carbons (Fsp3) is 0.211. The number of anilines is 2. The minimum Gasteiger partial charge on any atom is -0.378 e. The first-order valence-electron chi connectivity index (χ1n) is 7.96. The van der Waals surface area contributed by atoms with E-state index in [1.54, 1.807) is 0 Å². The van der Waals surface area contributed by atoms with Crippen LogP contribution in [0.1, 0.15) is 5.82 Å². The summed E-state index contributed by atoms with van der Waals surface area (Å²) in [6, 6.07) is 15.6. The number of rotatable bonds is 5. The van der Waals surface area contributed by atoms with Gasteiger partial charge in [0.2, 0.25) is 5.91 Å². The van der Waals surface area contributed by atoms with Crippen molar-refractivity contribution in [3.05, 3.63) is 54.4 Å². The highest BCUT2D eigenvalue weighted by atomic mass is 32.2. The van der Waals surface area contributed by atoms with Crippen molar-refractivity contribution in [2.45, 2.75) is 11.9 Å². The maximum Gasteiger partial charge on any atom is 0.234 e. The number of thioether (sulfide) groups is 1. The summed E-state index contributed by atoms with van der Waals surface area (Å²) in [5.41, 5.74) is 2.78. The van der Waals surface area contributed by atoms with Gasteiger partial charge in [0.1, 0.15) is 10.9 Å². The van der Waals surface area contributed by atoms with Crippen molar-refractivity contribution in [1.82, 2.24) is 9.97 Å². The Balaban J connectivity index is 1.66. The lowest BCUT2D eigenvalue weighted by molar-refractivity contribution is -0.113. The Morgan fingerprint density at radius 2 is 1.80 bits per heavy atom. The van der Waals surface area contributed by atoms with E-state index in [0.29, 0.717) is 11.6 Å². The van der Waals surface area contributed by atoms with Gasteiger partial charge in [-0.25, -0.2) is 9.97 Å². The Morgan fingerprint density at radius 3 is 2.52 bits per heavy atom. The van der Waals surface area contributed by atoms with Crippen molar-refractivity contribution >= 4 is 39.9 Å². The lowest BCUT2D eigenvalue weighted by Crippen LogP contribution is -2.14. The van der Waals surface area contributed by atoms with Gasteiger partial charge in [-0.15, -0.1) is 0 Å². The highest BCUT2D eigenvalue weighted by Crippen LogP contribution is 2.25. The molecule has 0 atom stereocenters. The molecule has 1 aromatic heterocycles. The molecule has 0 radical (unpaired) electrons. The molecule has 0 saturated carbocycles. The van der Waals surface area contributed by atoms with Crippen molar-refractivity contribution in [3.8, 4) is 0 Å². The molecule has 25 heavy (non-hydrogen) atoms. The molecule has 6 heteroatoms. The third kappa shape index (κ3) is 4.28. The van der Waals surface area contributed by atoms with Gasteiger partial charge in [-0.3, -0.25) is 4.79 Å². The molecule has 0 aliphatic carbocycles. The molecule has 0 saturated heterocycles. The van der Waals surface area contributed by atoms with Gasteiger partial charge < -0.3 is 10.2 Å². The molecule has 0 spiro atoms. The maximum absolute atomic E-state index is 12.2. The van der Waals surface area contributed by atoms with Crippen molar-refractivity contribution in [2.75, 3.05) is 30.1 Å². The number of hydrogen-bond donors (Lipinski definition) is 1. The third-order valence-corrected chi connectivity index (χ3v) is 4.68. The molecular formula is C19H20N4OS. The fourth-order valence-corrected chi connectivity index (χ4v) is 3.31. The second kappa shape index (κ2) is 7.53. The van der Waals surface area contributed by atoms with E-state index in [9.17, 15) is 4.79 Å². The minimum atomic E-state index is -0.0528. The standard InChI is InChI=1S/C19H20N4OS/c1-13-20-17-7-5-4-6-16(17)19(21-13)25-12-18(24)22-14-8-10-15(11-9-14)23(2)3/h4-11H,12H2,1-3H3,(H,22,24). The number of nitrogens with zero attached hydrogens (tertiary/aromatic N) is 3. The first kappa shape index (κ1) is 17.2. The van der Waals surface area contributed by atoms with E-state index in [4.69, 9.17) is 0 Å². The zero-order valence-electron chi connectivity index (χ0n) is 14.5. The van der Waals surface area contributed by atoms with Crippen LogP contribution in [0.3, 0.4) is 0 Å². The first-order chi connectivity index (χ1) is 12.0. The van der Waals surface area contributed by atoms with Crippen LogP contribution in [0.5, 0.6) is 0 Å². The molecule has 1 amide bonds. The zero-order valence-corrected chi connectivity index (χ0v) is 15.3. The molecule has 3 rings (SSSR count). The topological polar surface area (TPSA) is 58.1 Å². The third-order valence-electron chi connectivity index (χ3n) is 3.69. The average molecular weight is 352 g/mol. The molecule has 0 fully saturated rings. The summed E-state index contributed by atoms with van der Waals surface area (Å²) in [6.07, 6.45) is 0. The van der Waals surface area contributed by atoms with E-state index >= 15 is 0 Å². The van der Waals surface area contributed by atoms with E-state index in [2.05, 4.69) is 15.3 Å². The van der Waals surface area contributed by atoms with Crippen LogP contribution in [-0.4, -0.2) is 35.7 Å². The predicted molar refractivity (Wildman–Crippen MR) is 104 cm³/mol. The van der Waals surface area contributed by atoms with Gasteiger partial charge in [-0.2, -0.15) is 0 Å². The molecule has 0 aliphatic heterocycles. The number of nitrogens with one attached hydrogen (secondary N) is 1. The summed E-state index contributed by atoms with van der Waals surface area (Å²) in [7, 11) is 3.97. The normalized spacial score (nSPS) is 10.7. The quantitative estimate of drug-likeness (QED) is 0.560. The molecule has 0 aliphatic rings. The number of hydrogen-bond acceptors (Lipinski definition) is 5. The largest absolute Gasteiger partial charge is 0.378 e. The fourth-order valence-electron chi connectivity index (χ4n) is 2.44. The predicted octanol–water partition coefficient (Wildman–Crippen LogP) is 3.74. The van der Waals surface area contributed by atoms with Crippen LogP contribution in [-0.2, 0) is 4.79 Å². The molecular weight excluding hydrogens is 332 g/mol. The SMILES string of the molecule is Cc1nc(SCC(=O)Nc2ccc(N(C)C)cc2)c2ccccc2n1. The number of amides is 1. The van der Waals surface area contributed by atoms with Gasteiger partial charge in [0, 0.05) is 30.9 Å². The van der Waals surface area contributed by atoms with Crippen LogP contribution in [0, 0.1) is 6.92 Å². The second-order valence-electron chi connectivity index (χ2n) is 5.87. The van der Waals surface area contributed by atoms with Gasteiger partial charge in [-0.1, -0.05) is 30.0 Å². The van der Waals surface area contributed by atoms with Gasteiger partial charge in [0.25, 0.3) is 0 Å². The van der Waals surface area contributed by atoms with Crippen LogP contribution in [0.2, 0.25) is 0 Å². The van der Waals surface area contributed by atoms with E-state index < -0.39 is 0 Å². The minimum absolute atomic E-state index is 0.0528. The van der Waals surface area contributed by atoms with Crippen LogP contribution >= 0.6 is 11.8 Å². The summed E-state index contributed by atoms with van der Waals surface area (Å²) in [5, 5.41) is 4.73. The van der Waals surface area contributed by atoms with Gasteiger partial charge in [0.05, 0.1) is 11.3 Å².